The number of amides is 1. The molecular weight excluding hydrogens is 242 g/mol. The molecule has 0 bridgehead atoms. The number of carbonyl (C=O) groups is 1. The van der Waals surface area contributed by atoms with Gasteiger partial charge in [-0.3, -0.25) is 0 Å². The van der Waals surface area contributed by atoms with Crippen molar-refractivity contribution in [2.24, 2.45) is 5.10 Å². The number of carbonyl (C=O) groups excluding carboxylic acids is 1. The minimum absolute atomic E-state index is 0.0625. The van der Waals surface area contributed by atoms with Crippen LogP contribution in [0.5, 0.6) is 0 Å². The molecule has 0 aromatic heterocycles. The summed E-state index contributed by atoms with van der Waals surface area (Å²) in [6.45, 7) is 5.11. The van der Waals surface area contributed by atoms with Gasteiger partial charge >= 0.3 is 6.09 Å². The maximum absolute atomic E-state index is 13.2. The lowest BCUT2D eigenvalue weighted by Crippen LogP contribution is -2.29. The summed E-state index contributed by atoms with van der Waals surface area (Å²) < 4.78 is 30.7. The number of benzene rings is 1. The lowest BCUT2D eigenvalue weighted by molar-refractivity contribution is 0.0529. The van der Waals surface area contributed by atoms with Gasteiger partial charge in [-0.2, -0.15) is 5.10 Å². The van der Waals surface area contributed by atoms with Gasteiger partial charge in [0.2, 0.25) is 0 Å². The van der Waals surface area contributed by atoms with Gasteiger partial charge in [0, 0.05) is 11.6 Å². The Morgan fingerprint density at radius 1 is 1.39 bits per heavy atom. The lowest BCUT2D eigenvalue weighted by atomic mass is 10.2. The highest BCUT2D eigenvalue weighted by Crippen LogP contribution is 2.07. The van der Waals surface area contributed by atoms with Gasteiger partial charge in [0.05, 0.1) is 6.21 Å². The van der Waals surface area contributed by atoms with Crippen LogP contribution in [0.1, 0.15) is 26.3 Å². The number of rotatable bonds is 2. The van der Waals surface area contributed by atoms with Crippen molar-refractivity contribution in [3.05, 3.63) is 35.4 Å². The first-order valence-corrected chi connectivity index (χ1v) is 5.25. The molecule has 1 rings (SSSR count). The Kier molecular flexibility index (Phi) is 4.36. The van der Waals surface area contributed by atoms with E-state index in [0.717, 1.165) is 18.3 Å². The van der Waals surface area contributed by atoms with E-state index in [1.165, 1.54) is 6.07 Å². The van der Waals surface area contributed by atoms with E-state index in [1.807, 2.05) is 0 Å². The largest absolute Gasteiger partial charge is 0.443 e. The maximum atomic E-state index is 13.2. The van der Waals surface area contributed by atoms with Crippen molar-refractivity contribution in [1.82, 2.24) is 5.43 Å². The average molecular weight is 256 g/mol. The SMILES string of the molecule is CC(C)(C)OC(=O)N/N=C\c1ccc(F)cc1F. The molecule has 18 heavy (non-hydrogen) atoms. The van der Waals surface area contributed by atoms with Crippen LogP contribution in [0.4, 0.5) is 13.6 Å². The van der Waals surface area contributed by atoms with Crippen LogP contribution < -0.4 is 5.43 Å². The van der Waals surface area contributed by atoms with Crippen LogP contribution in [-0.4, -0.2) is 17.9 Å². The van der Waals surface area contributed by atoms with Crippen LogP contribution in [0.3, 0.4) is 0 Å². The fourth-order valence-electron chi connectivity index (χ4n) is 1.06. The Morgan fingerprint density at radius 3 is 2.61 bits per heavy atom. The summed E-state index contributed by atoms with van der Waals surface area (Å²) >= 11 is 0. The molecular formula is C12H14F2N2O2. The van der Waals surface area contributed by atoms with Gasteiger partial charge in [0.15, 0.2) is 0 Å². The van der Waals surface area contributed by atoms with Crippen molar-refractivity contribution in [2.45, 2.75) is 26.4 Å². The third-order valence-corrected chi connectivity index (χ3v) is 1.72. The molecule has 1 N–H and O–H groups in total. The average Bonchev–Trinajstić information content (AvgIpc) is 2.18. The summed E-state index contributed by atoms with van der Waals surface area (Å²) in [6, 6.07) is 3.04. The lowest BCUT2D eigenvalue weighted by Gasteiger charge is -2.18. The first kappa shape index (κ1) is 14.1. The number of nitrogens with one attached hydrogen (secondary N) is 1. The zero-order chi connectivity index (χ0) is 13.8. The Morgan fingerprint density at radius 2 is 2.06 bits per heavy atom. The Bertz CT molecular complexity index is 468. The molecule has 4 nitrogen and oxygen atoms in total. The number of ether oxygens (including phenoxy) is 1. The predicted octanol–water partition coefficient (Wildman–Crippen LogP) is 2.82. The highest BCUT2D eigenvalue weighted by molar-refractivity contribution is 5.81. The Hall–Kier alpha value is -1.98. The van der Waals surface area contributed by atoms with E-state index in [-0.39, 0.29) is 5.56 Å². The Balaban J connectivity index is 2.58. The second kappa shape index (κ2) is 5.57. The van der Waals surface area contributed by atoms with E-state index in [0.29, 0.717) is 0 Å². The maximum Gasteiger partial charge on any atom is 0.428 e. The summed E-state index contributed by atoms with van der Waals surface area (Å²) in [4.78, 5) is 11.2. The monoisotopic (exact) mass is 256 g/mol. The van der Waals surface area contributed by atoms with Crippen molar-refractivity contribution in [3.63, 3.8) is 0 Å². The van der Waals surface area contributed by atoms with Gasteiger partial charge in [-0.05, 0) is 32.9 Å². The van der Waals surface area contributed by atoms with Gasteiger partial charge in [0.1, 0.15) is 17.2 Å². The molecule has 0 saturated heterocycles. The molecule has 0 aliphatic heterocycles. The van der Waals surface area contributed by atoms with Crippen LogP contribution in [0.15, 0.2) is 23.3 Å². The van der Waals surface area contributed by atoms with Crippen LogP contribution in [0.25, 0.3) is 0 Å². The van der Waals surface area contributed by atoms with Crippen LogP contribution >= 0.6 is 0 Å². The minimum atomic E-state index is -0.760. The first-order valence-electron chi connectivity index (χ1n) is 5.25. The summed E-state index contributed by atoms with van der Waals surface area (Å²) in [5, 5.41) is 3.50. The third kappa shape index (κ3) is 4.90. The molecule has 1 aromatic carbocycles. The summed E-state index contributed by atoms with van der Waals surface area (Å²) in [5.41, 5.74) is 1.50. The van der Waals surface area contributed by atoms with Gasteiger partial charge in [-0.1, -0.05) is 0 Å². The van der Waals surface area contributed by atoms with Crippen molar-refractivity contribution < 1.29 is 18.3 Å². The second-order valence-corrected chi connectivity index (χ2v) is 4.54. The molecule has 6 heteroatoms. The second-order valence-electron chi connectivity index (χ2n) is 4.54. The fraction of sp³-hybridized carbons (Fsp3) is 0.333. The predicted molar refractivity (Wildman–Crippen MR) is 63.3 cm³/mol. The normalized spacial score (nSPS) is 11.6. The van der Waals surface area contributed by atoms with Crippen molar-refractivity contribution >= 4 is 12.3 Å². The van der Waals surface area contributed by atoms with E-state index in [9.17, 15) is 13.6 Å². The minimum Gasteiger partial charge on any atom is -0.443 e. The van der Waals surface area contributed by atoms with Crippen LogP contribution in [-0.2, 0) is 4.74 Å². The Labute approximate surface area is 104 Å². The molecule has 0 heterocycles. The summed E-state index contributed by atoms with van der Waals surface area (Å²) in [5.74, 6) is -1.44. The first-order chi connectivity index (χ1) is 8.28. The molecule has 1 amide bonds. The molecule has 0 fully saturated rings. The van der Waals surface area contributed by atoms with E-state index in [4.69, 9.17) is 4.74 Å². The van der Waals surface area contributed by atoms with Crippen molar-refractivity contribution in [1.29, 1.82) is 0 Å². The smallest absolute Gasteiger partial charge is 0.428 e. The fourth-order valence-corrected chi connectivity index (χ4v) is 1.06. The zero-order valence-corrected chi connectivity index (χ0v) is 10.3. The van der Waals surface area contributed by atoms with Crippen LogP contribution in [0, 0.1) is 11.6 Å². The number of hydrogen-bond acceptors (Lipinski definition) is 3. The van der Waals surface area contributed by atoms with E-state index in [1.54, 1.807) is 20.8 Å². The van der Waals surface area contributed by atoms with Gasteiger partial charge < -0.3 is 4.74 Å². The molecule has 0 aliphatic carbocycles. The van der Waals surface area contributed by atoms with E-state index in [2.05, 4.69) is 10.5 Å². The molecule has 98 valence electrons. The zero-order valence-electron chi connectivity index (χ0n) is 10.3. The molecule has 0 unspecified atom stereocenters. The van der Waals surface area contributed by atoms with E-state index >= 15 is 0 Å². The quantitative estimate of drug-likeness (QED) is 0.653. The van der Waals surface area contributed by atoms with Crippen molar-refractivity contribution in [2.75, 3.05) is 0 Å². The molecule has 0 radical (unpaired) electrons. The highest BCUT2D eigenvalue weighted by Gasteiger charge is 2.15. The number of halogens is 2. The van der Waals surface area contributed by atoms with Gasteiger partial charge in [0.25, 0.3) is 0 Å². The standard InChI is InChI=1S/C12H14F2N2O2/c1-12(2,3)18-11(17)16-15-7-8-4-5-9(13)6-10(8)14/h4-7H,1-3H3,(H,16,17)/b15-7-. The van der Waals surface area contributed by atoms with Gasteiger partial charge in [-0.25, -0.2) is 19.0 Å². The number of nitrogens with zero attached hydrogens (tertiary/aromatic N) is 1. The van der Waals surface area contributed by atoms with Crippen LogP contribution in [0.2, 0.25) is 0 Å². The molecule has 0 atom stereocenters. The molecule has 0 saturated carbocycles. The topological polar surface area (TPSA) is 50.7 Å². The molecule has 1 aromatic rings. The highest BCUT2D eigenvalue weighted by atomic mass is 19.1. The van der Waals surface area contributed by atoms with Gasteiger partial charge in [-0.15, -0.1) is 0 Å². The number of hydrogen-bond donors (Lipinski definition) is 1. The number of hydrazone groups is 1. The van der Waals surface area contributed by atoms with Crippen molar-refractivity contribution in [3.8, 4) is 0 Å². The molecule has 0 spiro atoms. The summed E-state index contributed by atoms with van der Waals surface area (Å²) in [7, 11) is 0. The third-order valence-electron chi connectivity index (χ3n) is 1.72. The molecule has 0 aliphatic rings. The van der Waals surface area contributed by atoms with E-state index < -0.39 is 23.3 Å². The summed E-state index contributed by atoms with van der Waals surface area (Å²) in [6.07, 6.45) is 0.319.